The molecule has 2 aromatic rings. The highest BCUT2D eigenvalue weighted by Crippen LogP contribution is 2.26. The van der Waals surface area contributed by atoms with Gasteiger partial charge in [-0.05, 0) is 48.2 Å². The highest BCUT2D eigenvalue weighted by molar-refractivity contribution is 7.07. The number of thiophene rings is 1. The van der Waals surface area contributed by atoms with Gasteiger partial charge in [0.05, 0.1) is 18.8 Å². The Morgan fingerprint density at radius 1 is 1.50 bits per heavy atom. The lowest BCUT2D eigenvalue weighted by molar-refractivity contribution is -0.0654. The van der Waals surface area contributed by atoms with Crippen LogP contribution >= 0.6 is 11.3 Å². The molecular formula is C17H24N4O2S. The second-order valence-electron chi connectivity index (χ2n) is 6.26. The van der Waals surface area contributed by atoms with Crippen LogP contribution in [0.1, 0.15) is 30.6 Å². The number of carbonyl (C=O) groups is 1. The number of carbonyl (C=O) groups excluding carboxylic acids is 1. The molecule has 1 aliphatic heterocycles. The van der Waals surface area contributed by atoms with Crippen molar-refractivity contribution in [1.82, 2.24) is 20.0 Å². The van der Waals surface area contributed by atoms with Crippen LogP contribution < -0.4 is 5.32 Å². The molecule has 6 nitrogen and oxygen atoms in total. The summed E-state index contributed by atoms with van der Waals surface area (Å²) in [5, 5.41) is 11.4. The fourth-order valence-electron chi connectivity index (χ4n) is 2.90. The van der Waals surface area contributed by atoms with Crippen LogP contribution in [0.2, 0.25) is 0 Å². The standard InChI is InChI=1S/C17H24N4O2S/c1-13-8-19-21(9-13)6-3-5-18-17(22)20-10-14(2)23-16(11-20)15-4-7-24-12-15/h4,7-9,12,14,16H,3,5-6,10-11H2,1-2H3,(H,18,22). The zero-order valence-corrected chi connectivity index (χ0v) is 15.0. The molecule has 2 aromatic heterocycles. The van der Waals surface area contributed by atoms with E-state index in [1.165, 1.54) is 0 Å². The molecule has 130 valence electrons. The van der Waals surface area contributed by atoms with Crippen molar-refractivity contribution >= 4 is 17.4 Å². The quantitative estimate of drug-likeness (QED) is 0.845. The third kappa shape index (κ3) is 4.36. The minimum atomic E-state index is -0.0298. The number of nitrogens with one attached hydrogen (secondary N) is 1. The van der Waals surface area contributed by atoms with E-state index < -0.39 is 0 Å². The Labute approximate surface area is 146 Å². The molecule has 0 spiro atoms. The van der Waals surface area contributed by atoms with E-state index in [-0.39, 0.29) is 18.2 Å². The molecule has 3 rings (SSSR count). The summed E-state index contributed by atoms with van der Waals surface area (Å²) in [6.45, 7) is 6.72. The van der Waals surface area contributed by atoms with Crippen molar-refractivity contribution in [1.29, 1.82) is 0 Å². The van der Waals surface area contributed by atoms with Crippen molar-refractivity contribution in [2.24, 2.45) is 0 Å². The van der Waals surface area contributed by atoms with Crippen molar-refractivity contribution in [3.05, 3.63) is 40.3 Å². The van der Waals surface area contributed by atoms with E-state index in [0.29, 0.717) is 19.6 Å². The zero-order valence-electron chi connectivity index (χ0n) is 14.1. The molecule has 0 saturated carbocycles. The number of aromatic nitrogens is 2. The van der Waals surface area contributed by atoms with Gasteiger partial charge in [-0.25, -0.2) is 4.79 Å². The SMILES string of the molecule is Cc1cnn(CCCNC(=O)N2CC(C)OC(c3ccsc3)C2)c1. The molecule has 3 heterocycles. The molecule has 0 bridgehead atoms. The van der Waals surface area contributed by atoms with Gasteiger partial charge in [-0.3, -0.25) is 4.68 Å². The summed E-state index contributed by atoms with van der Waals surface area (Å²) in [6.07, 6.45) is 4.73. The van der Waals surface area contributed by atoms with Crippen molar-refractivity contribution in [3.63, 3.8) is 0 Å². The zero-order chi connectivity index (χ0) is 16.9. The van der Waals surface area contributed by atoms with Crippen molar-refractivity contribution in [2.45, 2.75) is 39.0 Å². The van der Waals surface area contributed by atoms with Crippen LogP contribution in [0, 0.1) is 6.92 Å². The summed E-state index contributed by atoms with van der Waals surface area (Å²) in [6, 6.07) is 2.05. The Hall–Kier alpha value is -1.86. The van der Waals surface area contributed by atoms with Crippen molar-refractivity contribution < 1.29 is 9.53 Å². The molecule has 24 heavy (non-hydrogen) atoms. The topological polar surface area (TPSA) is 59.4 Å². The van der Waals surface area contributed by atoms with E-state index in [9.17, 15) is 4.79 Å². The van der Waals surface area contributed by atoms with Gasteiger partial charge in [0.2, 0.25) is 0 Å². The number of morpholine rings is 1. The average Bonchev–Trinajstić information content (AvgIpc) is 3.22. The maximum Gasteiger partial charge on any atom is 0.317 e. The van der Waals surface area contributed by atoms with Gasteiger partial charge in [0, 0.05) is 25.8 Å². The Morgan fingerprint density at radius 2 is 2.38 bits per heavy atom. The molecular weight excluding hydrogens is 324 g/mol. The van der Waals surface area contributed by atoms with E-state index >= 15 is 0 Å². The van der Waals surface area contributed by atoms with Crippen molar-refractivity contribution in [3.8, 4) is 0 Å². The second-order valence-corrected chi connectivity index (χ2v) is 7.04. The smallest absolute Gasteiger partial charge is 0.317 e. The molecule has 0 aliphatic carbocycles. The predicted octanol–water partition coefficient (Wildman–Crippen LogP) is 2.81. The van der Waals surface area contributed by atoms with Gasteiger partial charge < -0.3 is 15.0 Å². The minimum Gasteiger partial charge on any atom is -0.367 e. The Morgan fingerprint density at radius 3 is 3.08 bits per heavy atom. The fourth-order valence-corrected chi connectivity index (χ4v) is 3.60. The van der Waals surface area contributed by atoms with Gasteiger partial charge >= 0.3 is 6.03 Å². The number of hydrogen-bond donors (Lipinski definition) is 1. The molecule has 0 radical (unpaired) electrons. The second kappa shape index (κ2) is 7.81. The molecule has 2 unspecified atom stereocenters. The van der Waals surface area contributed by atoms with Gasteiger partial charge in [0.25, 0.3) is 0 Å². The van der Waals surface area contributed by atoms with Crippen LogP contribution in [-0.4, -0.2) is 46.4 Å². The lowest BCUT2D eigenvalue weighted by Crippen LogP contribution is -2.50. The monoisotopic (exact) mass is 348 g/mol. The summed E-state index contributed by atoms with van der Waals surface area (Å²) in [5.74, 6) is 0. The normalized spacial score (nSPS) is 21.0. The van der Waals surface area contributed by atoms with Crippen molar-refractivity contribution in [2.75, 3.05) is 19.6 Å². The third-order valence-corrected chi connectivity index (χ3v) is 4.77. The number of aryl methyl sites for hydroxylation is 2. The molecule has 1 fully saturated rings. The predicted molar refractivity (Wildman–Crippen MR) is 94.2 cm³/mol. The Bertz CT molecular complexity index is 655. The van der Waals surface area contributed by atoms with E-state index in [1.54, 1.807) is 11.3 Å². The molecule has 2 amide bonds. The van der Waals surface area contributed by atoms with E-state index in [0.717, 1.165) is 24.1 Å². The Balaban J connectivity index is 1.45. The molecule has 1 saturated heterocycles. The van der Waals surface area contributed by atoms with Gasteiger partial charge in [-0.2, -0.15) is 16.4 Å². The van der Waals surface area contributed by atoms with Gasteiger partial charge in [-0.1, -0.05) is 0 Å². The van der Waals surface area contributed by atoms with Crippen LogP contribution in [0.3, 0.4) is 0 Å². The van der Waals surface area contributed by atoms with Crippen LogP contribution in [0.5, 0.6) is 0 Å². The van der Waals surface area contributed by atoms with E-state index in [1.807, 2.05) is 41.2 Å². The first-order chi connectivity index (χ1) is 11.6. The maximum absolute atomic E-state index is 12.4. The summed E-state index contributed by atoms with van der Waals surface area (Å²) in [4.78, 5) is 14.3. The van der Waals surface area contributed by atoms with E-state index in [4.69, 9.17) is 4.74 Å². The van der Waals surface area contributed by atoms with Crippen LogP contribution in [0.4, 0.5) is 4.79 Å². The number of amides is 2. The first-order valence-corrected chi connectivity index (χ1v) is 9.25. The van der Waals surface area contributed by atoms with Gasteiger partial charge in [-0.15, -0.1) is 0 Å². The first-order valence-electron chi connectivity index (χ1n) is 8.31. The molecule has 1 N–H and O–H groups in total. The average molecular weight is 348 g/mol. The van der Waals surface area contributed by atoms with E-state index in [2.05, 4.69) is 21.9 Å². The highest BCUT2D eigenvalue weighted by Gasteiger charge is 2.29. The molecule has 7 heteroatoms. The molecule has 0 aromatic carbocycles. The molecule has 2 atom stereocenters. The largest absolute Gasteiger partial charge is 0.367 e. The first kappa shape index (κ1) is 17.0. The third-order valence-electron chi connectivity index (χ3n) is 4.07. The lowest BCUT2D eigenvalue weighted by atomic mass is 10.1. The summed E-state index contributed by atoms with van der Waals surface area (Å²) < 4.78 is 7.88. The highest BCUT2D eigenvalue weighted by atomic mass is 32.1. The lowest BCUT2D eigenvalue weighted by Gasteiger charge is -2.36. The number of hydrogen-bond acceptors (Lipinski definition) is 4. The molecule has 1 aliphatic rings. The van der Waals surface area contributed by atoms with Gasteiger partial charge in [0.1, 0.15) is 6.10 Å². The number of nitrogens with zero attached hydrogens (tertiary/aromatic N) is 3. The summed E-state index contributed by atoms with van der Waals surface area (Å²) in [7, 11) is 0. The maximum atomic E-state index is 12.4. The summed E-state index contributed by atoms with van der Waals surface area (Å²) >= 11 is 1.65. The van der Waals surface area contributed by atoms with Crippen LogP contribution in [0.15, 0.2) is 29.2 Å². The minimum absolute atomic E-state index is 0.0120. The summed E-state index contributed by atoms with van der Waals surface area (Å²) in [5.41, 5.74) is 2.30. The van der Waals surface area contributed by atoms with Gasteiger partial charge in [0.15, 0.2) is 0 Å². The van der Waals surface area contributed by atoms with Crippen LogP contribution in [0.25, 0.3) is 0 Å². The van der Waals surface area contributed by atoms with Crippen LogP contribution in [-0.2, 0) is 11.3 Å². The Kier molecular flexibility index (Phi) is 5.52. The fraction of sp³-hybridized carbons (Fsp3) is 0.529. The number of ether oxygens (including phenoxy) is 1. The number of urea groups is 1. The number of rotatable bonds is 5.